The first-order chi connectivity index (χ1) is 12.2. The van der Waals surface area contributed by atoms with Gasteiger partial charge in [0.25, 0.3) is 0 Å². The highest BCUT2D eigenvalue weighted by molar-refractivity contribution is 5.86. The molecule has 0 bridgehead atoms. The van der Waals surface area contributed by atoms with Crippen LogP contribution in [0.5, 0.6) is 0 Å². The van der Waals surface area contributed by atoms with Crippen molar-refractivity contribution < 1.29 is 13.9 Å². The lowest BCUT2D eigenvalue weighted by Gasteiger charge is -2.26. The van der Waals surface area contributed by atoms with E-state index in [-0.39, 0.29) is 5.56 Å². The first-order valence-corrected chi connectivity index (χ1v) is 9.11. The number of carbonyl (C=O) groups is 1. The second-order valence-corrected chi connectivity index (χ2v) is 6.54. The van der Waals surface area contributed by atoms with Gasteiger partial charge in [0, 0.05) is 30.2 Å². The van der Waals surface area contributed by atoms with Crippen LogP contribution < -0.4 is 10.5 Å². The number of nitrogens with zero attached hydrogens (tertiary/aromatic N) is 1. The Balaban J connectivity index is 1.69. The van der Waals surface area contributed by atoms with E-state index in [9.17, 15) is 9.59 Å². The summed E-state index contributed by atoms with van der Waals surface area (Å²) in [5.41, 5.74) is 0.945. The number of rotatable bonds is 7. The molecule has 1 heterocycles. The lowest BCUT2D eigenvalue weighted by atomic mass is 9.98. The lowest BCUT2D eigenvalue weighted by molar-refractivity contribution is 0.0327. The average molecular weight is 343 g/mol. The number of ether oxygens (including phenoxy) is 1. The zero-order valence-electron chi connectivity index (χ0n) is 14.7. The molecule has 3 rings (SSSR count). The first kappa shape index (κ1) is 17.7. The van der Waals surface area contributed by atoms with Gasteiger partial charge in [0.2, 0.25) is 0 Å². The third kappa shape index (κ3) is 4.28. The second kappa shape index (κ2) is 8.30. The molecule has 1 saturated carbocycles. The molecule has 1 aliphatic rings. The van der Waals surface area contributed by atoms with Crippen LogP contribution in [-0.4, -0.2) is 32.1 Å². The Morgan fingerprint density at radius 2 is 2.04 bits per heavy atom. The topological polar surface area (TPSA) is 59.8 Å². The Labute approximate surface area is 147 Å². The summed E-state index contributed by atoms with van der Waals surface area (Å²) in [5, 5.41) is 0.750. The lowest BCUT2D eigenvalue weighted by Crippen LogP contribution is -2.29. The fourth-order valence-corrected chi connectivity index (χ4v) is 3.43. The molecule has 1 aromatic carbocycles. The number of likely N-dealkylation sites (N-methyl/N-ethyl adjacent to an activating group) is 1. The third-order valence-electron chi connectivity index (χ3n) is 4.89. The third-order valence-corrected chi connectivity index (χ3v) is 4.89. The highest BCUT2D eigenvalue weighted by atomic mass is 16.5. The maximum atomic E-state index is 11.7. The van der Waals surface area contributed by atoms with E-state index < -0.39 is 5.63 Å². The molecule has 0 radical (unpaired) electrons. The summed E-state index contributed by atoms with van der Waals surface area (Å²) in [7, 11) is 0. The van der Waals surface area contributed by atoms with Gasteiger partial charge in [0.05, 0.1) is 12.7 Å². The maximum Gasteiger partial charge on any atom is 0.346 e. The number of benzene rings is 1. The quantitative estimate of drug-likeness (QED) is 0.565. The molecule has 0 N–H and O–H groups in total. The van der Waals surface area contributed by atoms with Crippen molar-refractivity contribution in [2.24, 2.45) is 0 Å². The van der Waals surface area contributed by atoms with Crippen LogP contribution in [0.1, 0.15) is 49.4 Å². The van der Waals surface area contributed by atoms with Crippen molar-refractivity contribution in [3.63, 3.8) is 0 Å². The van der Waals surface area contributed by atoms with E-state index in [4.69, 9.17) is 9.15 Å². The molecule has 134 valence electrons. The van der Waals surface area contributed by atoms with E-state index in [2.05, 4.69) is 11.8 Å². The van der Waals surface area contributed by atoms with Crippen LogP contribution in [0.15, 0.2) is 33.5 Å². The van der Waals surface area contributed by atoms with Crippen LogP contribution in [0.25, 0.3) is 11.0 Å². The number of carbonyl (C=O) groups excluding carboxylic acids is 1. The molecule has 0 unspecified atom stereocenters. The van der Waals surface area contributed by atoms with E-state index in [0.29, 0.717) is 24.6 Å². The molecule has 2 aromatic rings. The molecule has 0 saturated heterocycles. The summed E-state index contributed by atoms with van der Waals surface area (Å²) in [6.07, 6.45) is 7.15. The van der Waals surface area contributed by atoms with Gasteiger partial charge >= 0.3 is 5.63 Å². The standard InChI is InChI=1S/C20H25NO4/c1-2-21(10-11-24-18-6-4-3-5-7-18)17-9-8-15-12-16(14-22)20(23)25-19(15)13-17/h8-9,12-14,18H,2-7,10-11H2,1H3. The summed E-state index contributed by atoms with van der Waals surface area (Å²) in [6, 6.07) is 7.29. The second-order valence-electron chi connectivity index (χ2n) is 6.54. The minimum atomic E-state index is -0.594. The van der Waals surface area contributed by atoms with E-state index >= 15 is 0 Å². The molecule has 5 nitrogen and oxygen atoms in total. The summed E-state index contributed by atoms with van der Waals surface area (Å²) >= 11 is 0. The van der Waals surface area contributed by atoms with Gasteiger partial charge in [-0.2, -0.15) is 0 Å². The van der Waals surface area contributed by atoms with Crippen molar-refractivity contribution >= 4 is 22.9 Å². The number of fused-ring (bicyclic) bond motifs is 1. The Bertz CT molecular complexity index is 777. The molecule has 0 aliphatic heterocycles. The Morgan fingerprint density at radius 1 is 1.24 bits per heavy atom. The number of anilines is 1. The fraction of sp³-hybridized carbons (Fsp3) is 0.500. The summed E-state index contributed by atoms with van der Waals surface area (Å²) in [4.78, 5) is 24.8. The SMILES string of the molecule is CCN(CCOC1CCCCC1)c1ccc2cc(C=O)c(=O)oc2c1. The van der Waals surface area contributed by atoms with Crippen molar-refractivity contribution in [3.8, 4) is 0 Å². The van der Waals surface area contributed by atoms with Crippen LogP contribution >= 0.6 is 0 Å². The molecule has 1 aliphatic carbocycles. The van der Waals surface area contributed by atoms with E-state index in [1.165, 1.54) is 32.1 Å². The minimum absolute atomic E-state index is 0.0495. The van der Waals surface area contributed by atoms with Crippen molar-refractivity contribution in [1.82, 2.24) is 0 Å². The highest BCUT2D eigenvalue weighted by Gasteiger charge is 2.14. The van der Waals surface area contributed by atoms with Crippen LogP contribution in [0.2, 0.25) is 0 Å². The van der Waals surface area contributed by atoms with Gasteiger partial charge in [0.1, 0.15) is 11.1 Å². The van der Waals surface area contributed by atoms with Crippen molar-refractivity contribution in [3.05, 3.63) is 40.2 Å². The van der Waals surface area contributed by atoms with Gasteiger partial charge in [0.15, 0.2) is 6.29 Å². The molecule has 0 atom stereocenters. The van der Waals surface area contributed by atoms with Crippen molar-refractivity contribution in [1.29, 1.82) is 0 Å². The fourth-order valence-electron chi connectivity index (χ4n) is 3.43. The molecule has 0 spiro atoms. The Morgan fingerprint density at radius 3 is 2.76 bits per heavy atom. The van der Waals surface area contributed by atoms with Crippen LogP contribution in [-0.2, 0) is 4.74 Å². The van der Waals surface area contributed by atoms with Crippen LogP contribution in [0.3, 0.4) is 0 Å². The minimum Gasteiger partial charge on any atom is -0.422 e. The van der Waals surface area contributed by atoms with E-state index in [1.54, 1.807) is 6.07 Å². The maximum absolute atomic E-state index is 11.7. The smallest absolute Gasteiger partial charge is 0.346 e. The summed E-state index contributed by atoms with van der Waals surface area (Å²) in [6.45, 7) is 4.44. The van der Waals surface area contributed by atoms with E-state index in [1.807, 2.05) is 18.2 Å². The number of hydrogen-bond donors (Lipinski definition) is 0. The summed E-state index contributed by atoms with van der Waals surface area (Å²) in [5.74, 6) is 0. The Hall–Kier alpha value is -2.14. The molecule has 5 heteroatoms. The van der Waals surface area contributed by atoms with Gasteiger partial charge in [-0.25, -0.2) is 4.79 Å². The molecule has 0 amide bonds. The molecule has 1 fully saturated rings. The van der Waals surface area contributed by atoms with Crippen LogP contribution in [0.4, 0.5) is 5.69 Å². The van der Waals surface area contributed by atoms with Gasteiger partial charge in [-0.15, -0.1) is 0 Å². The predicted octanol–water partition coefficient (Wildman–Crippen LogP) is 3.78. The van der Waals surface area contributed by atoms with Crippen molar-refractivity contribution in [2.75, 3.05) is 24.6 Å². The molecular weight excluding hydrogens is 318 g/mol. The van der Waals surface area contributed by atoms with Gasteiger partial charge in [-0.1, -0.05) is 19.3 Å². The summed E-state index contributed by atoms with van der Waals surface area (Å²) < 4.78 is 11.3. The van der Waals surface area contributed by atoms with Gasteiger partial charge < -0.3 is 14.1 Å². The predicted molar refractivity (Wildman–Crippen MR) is 98.6 cm³/mol. The zero-order chi connectivity index (χ0) is 17.6. The number of hydrogen-bond acceptors (Lipinski definition) is 5. The molecular formula is C20H25NO4. The van der Waals surface area contributed by atoms with Gasteiger partial charge in [-0.05, 0) is 38.0 Å². The average Bonchev–Trinajstić information content (AvgIpc) is 2.65. The molecule has 25 heavy (non-hydrogen) atoms. The monoisotopic (exact) mass is 343 g/mol. The van der Waals surface area contributed by atoms with E-state index in [0.717, 1.165) is 24.2 Å². The first-order valence-electron chi connectivity index (χ1n) is 9.11. The van der Waals surface area contributed by atoms with Gasteiger partial charge in [-0.3, -0.25) is 4.79 Å². The molecule has 1 aromatic heterocycles. The largest absolute Gasteiger partial charge is 0.422 e. The van der Waals surface area contributed by atoms with Crippen molar-refractivity contribution in [2.45, 2.75) is 45.1 Å². The normalized spacial score (nSPS) is 15.4. The van der Waals surface area contributed by atoms with Crippen LogP contribution in [0, 0.1) is 0 Å². The zero-order valence-corrected chi connectivity index (χ0v) is 14.7. The number of aldehydes is 1. The highest BCUT2D eigenvalue weighted by Crippen LogP contribution is 2.23. The Kier molecular flexibility index (Phi) is 5.87.